The van der Waals surface area contributed by atoms with Gasteiger partial charge in [-0.2, -0.15) is 0 Å². The van der Waals surface area contributed by atoms with Gasteiger partial charge in [0.25, 0.3) is 0 Å². The fourth-order valence-corrected chi connectivity index (χ4v) is 3.48. The maximum Gasteiger partial charge on any atom is 0.244 e. The topological polar surface area (TPSA) is 74.3 Å². The van der Waals surface area contributed by atoms with Crippen LogP contribution in [0, 0.1) is 0 Å². The zero-order chi connectivity index (χ0) is 15.9. The van der Waals surface area contributed by atoms with Gasteiger partial charge in [-0.05, 0) is 62.4 Å². The second-order valence-corrected chi connectivity index (χ2v) is 7.59. The van der Waals surface area contributed by atoms with E-state index in [0.717, 1.165) is 19.4 Å². The Bertz CT molecular complexity index is 549. The molecule has 0 radical (unpaired) electrons. The van der Waals surface area contributed by atoms with E-state index < -0.39 is 10.0 Å². The highest BCUT2D eigenvalue weighted by Crippen LogP contribution is 2.22. The number of nitrogens with one attached hydrogen (secondary N) is 2. The summed E-state index contributed by atoms with van der Waals surface area (Å²) in [5, 5.41) is 2.97. The minimum Gasteiger partial charge on any atom is -0.369 e. The van der Waals surface area contributed by atoms with Gasteiger partial charge in [0.1, 0.15) is 10.7 Å². The Kier molecular flexibility index (Phi) is 7.58. The minimum atomic E-state index is -3.55. The number of sulfonamides is 1. The summed E-state index contributed by atoms with van der Waals surface area (Å²) in [6, 6.07) is 1.56. The Morgan fingerprint density at radius 1 is 1.33 bits per heavy atom. The molecule has 0 aliphatic rings. The lowest BCUT2D eigenvalue weighted by molar-refractivity contribution is 0.394. The lowest BCUT2D eigenvalue weighted by Gasteiger charge is -2.12. The molecule has 0 unspecified atom stereocenters. The molecule has 0 atom stereocenters. The van der Waals surface area contributed by atoms with Gasteiger partial charge in [-0.15, -0.1) is 0 Å². The van der Waals surface area contributed by atoms with Crippen LogP contribution in [0.3, 0.4) is 0 Å². The van der Waals surface area contributed by atoms with Crippen LogP contribution >= 0.6 is 15.9 Å². The first-order chi connectivity index (χ1) is 9.86. The van der Waals surface area contributed by atoms with E-state index in [-0.39, 0.29) is 4.90 Å². The first-order valence-electron chi connectivity index (χ1n) is 6.90. The highest BCUT2D eigenvalue weighted by Gasteiger charge is 2.19. The van der Waals surface area contributed by atoms with E-state index >= 15 is 0 Å². The van der Waals surface area contributed by atoms with Crippen LogP contribution in [0.15, 0.2) is 21.6 Å². The Morgan fingerprint density at radius 3 is 2.67 bits per heavy atom. The third kappa shape index (κ3) is 6.29. The first-order valence-corrected chi connectivity index (χ1v) is 9.18. The van der Waals surface area contributed by atoms with Gasteiger partial charge in [-0.1, -0.05) is 0 Å². The zero-order valence-electron chi connectivity index (χ0n) is 12.7. The molecule has 1 heterocycles. The van der Waals surface area contributed by atoms with Crippen molar-refractivity contribution in [2.24, 2.45) is 0 Å². The molecule has 1 aromatic rings. The van der Waals surface area contributed by atoms with E-state index in [1.165, 1.54) is 0 Å². The van der Waals surface area contributed by atoms with Crippen molar-refractivity contribution < 1.29 is 8.42 Å². The summed E-state index contributed by atoms with van der Waals surface area (Å²) in [5.74, 6) is 0.376. The fraction of sp³-hybridized carbons (Fsp3) is 0.615. The lowest BCUT2D eigenvalue weighted by atomic mass is 10.3. The van der Waals surface area contributed by atoms with Gasteiger partial charge >= 0.3 is 0 Å². The highest BCUT2D eigenvalue weighted by molar-refractivity contribution is 9.10. The third-order valence-corrected chi connectivity index (χ3v) is 4.69. The van der Waals surface area contributed by atoms with Crippen molar-refractivity contribution in [1.29, 1.82) is 0 Å². The van der Waals surface area contributed by atoms with E-state index in [4.69, 9.17) is 0 Å². The van der Waals surface area contributed by atoms with Crippen LogP contribution < -0.4 is 10.0 Å². The molecule has 0 aliphatic heterocycles. The molecular weight excluding hydrogens is 356 g/mol. The number of rotatable bonds is 9. The summed E-state index contributed by atoms with van der Waals surface area (Å²) < 4.78 is 28.0. The molecule has 0 saturated carbocycles. The van der Waals surface area contributed by atoms with E-state index in [2.05, 4.69) is 35.9 Å². The Morgan fingerprint density at radius 2 is 2.05 bits per heavy atom. The van der Waals surface area contributed by atoms with Crippen LogP contribution in [0.2, 0.25) is 0 Å². The van der Waals surface area contributed by atoms with Gasteiger partial charge in [-0.3, -0.25) is 0 Å². The number of anilines is 1. The van der Waals surface area contributed by atoms with E-state index in [9.17, 15) is 8.42 Å². The van der Waals surface area contributed by atoms with Crippen molar-refractivity contribution in [3.63, 3.8) is 0 Å². The molecule has 6 nitrogen and oxygen atoms in total. The molecule has 8 heteroatoms. The molecule has 1 rings (SSSR count). The second kappa shape index (κ2) is 8.67. The minimum absolute atomic E-state index is 0.173. The fourth-order valence-electron chi connectivity index (χ4n) is 1.76. The van der Waals surface area contributed by atoms with Crippen LogP contribution in [0.1, 0.15) is 19.8 Å². The second-order valence-electron chi connectivity index (χ2n) is 4.94. The van der Waals surface area contributed by atoms with Crippen molar-refractivity contribution in [2.45, 2.75) is 24.7 Å². The van der Waals surface area contributed by atoms with Gasteiger partial charge in [0, 0.05) is 23.8 Å². The largest absolute Gasteiger partial charge is 0.369 e. The van der Waals surface area contributed by atoms with E-state index in [1.807, 2.05) is 21.0 Å². The predicted octanol–water partition coefficient (Wildman–Crippen LogP) is 1.90. The molecule has 120 valence electrons. The maximum atomic E-state index is 12.4. The summed E-state index contributed by atoms with van der Waals surface area (Å²) in [6.45, 7) is 3.88. The van der Waals surface area contributed by atoms with Crippen molar-refractivity contribution >= 4 is 31.8 Å². The van der Waals surface area contributed by atoms with Crippen LogP contribution in [-0.2, 0) is 10.0 Å². The number of nitrogens with zero attached hydrogens (tertiary/aromatic N) is 2. The van der Waals surface area contributed by atoms with E-state index in [0.29, 0.717) is 23.4 Å². The number of pyridine rings is 1. The lowest BCUT2D eigenvalue weighted by Crippen LogP contribution is -2.26. The number of unbranched alkanes of at least 4 members (excludes halogenated alkanes) is 1. The van der Waals surface area contributed by atoms with Crippen LogP contribution in [0.25, 0.3) is 0 Å². The molecule has 0 aliphatic carbocycles. The summed E-state index contributed by atoms with van der Waals surface area (Å²) in [7, 11) is 0.445. The number of aromatic nitrogens is 1. The average molecular weight is 379 g/mol. The molecule has 0 bridgehead atoms. The highest BCUT2D eigenvalue weighted by atomic mass is 79.9. The predicted molar refractivity (Wildman–Crippen MR) is 89.1 cm³/mol. The molecule has 1 aromatic heterocycles. The molecule has 0 saturated heterocycles. The normalized spacial score (nSPS) is 11.9. The molecule has 2 N–H and O–H groups in total. The van der Waals surface area contributed by atoms with Crippen LogP contribution in [0.5, 0.6) is 0 Å². The third-order valence-electron chi connectivity index (χ3n) is 2.78. The number of hydrogen-bond donors (Lipinski definition) is 2. The summed E-state index contributed by atoms with van der Waals surface area (Å²) in [5.41, 5.74) is 0. The van der Waals surface area contributed by atoms with Gasteiger partial charge in [0.15, 0.2) is 0 Å². The quantitative estimate of drug-likeness (QED) is 0.641. The van der Waals surface area contributed by atoms with Crippen LogP contribution in [0.4, 0.5) is 5.82 Å². The summed E-state index contributed by atoms with van der Waals surface area (Å²) in [6.07, 6.45) is 3.33. The maximum absolute atomic E-state index is 12.4. The van der Waals surface area contributed by atoms with E-state index in [1.54, 1.807) is 12.3 Å². The van der Waals surface area contributed by atoms with Gasteiger partial charge in [0.05, 0.1) is 0 Å². The molecule has 0 spiro atoms. The summed E-state index contributed by atoms with van der Waals surface area (Å²) >= 11 is 3.26. The molecular formula is C13H23BrN4O2S. The number of halogens is 1. The number of hydrogen-bond acceptors (Lipinski definition) is 5. The Balaban J connectivity index is 2.71. The standard InChI is InChI=1S/C13H23BrN4O2S/c1-4-15-13-12(9-11(14)10-16-13)21(19,20)17-7-5-6-8-18(2)3/h9-10,17H,4-8H2,1-3H3,(H,15,16). The zero-order valence-corrected chi connectivity index (χ0v) is 15.1. The average Bonchev–Trinajstić information content (AvgIpc) is 2.40. The Hall–Kier alpha value is -0.700. The van der Waals surface area contributed by atoms with Crippen molar-refractivity contribution in [3.8, 4) is 0 Å². The Labute approximate surface area is 135 Å². The molecule has 0 aromatic carbocycles. The molecule has 21 heavy (non-hydrogen) atoms. The SMILES string of the molecule is CCNc1ncc(Br)cc1S(=O)(=O)NCCCCN(C)C. The smallest absolute Gasteiger partial charge is 0.244 e. The molecule has 0 amide bonds. The molecule has 0 fully saturated rings. The van der Waals surface area contributed by atoms with Crippen molar-refractivity contribution in [1.82, 2.24) is 14.6 Å². The van der Waals surface area contributed by atoms with Crippen molar-refractivity contribution in [3.05, 3.63) is 16.7 Å². The van der Waals surface area contributed by atoms with Crippen molar-refractivity contribution in [2.75, 3.05) is 39.0 Å². The summed E-state index contributed by atoms with van der Waals surface area (Å²) in [4.78, 5) is 6.37. The van der Waals surface area contributed by atoms with Crippen LogP contribution in [-0.4, -0.2) is 52.0 Å². The van der Waals surface area contributed by atoms with Gasteiger partial charge in [0.2, 0.25) is 10.0 Å². The van der Waals surface area contributed by atoms with Gasteiger partial charge < -0.3 is 10.2 Å². The monoisotopic (exact) mass is 378 g/mol. The first kappa shape index (κ1) is 18.3. The van der Waals surface area contributed by atoms with Gasteiger partial charge in [-0.25, -0.2) is 18.1 Å².